The summed E-state index contributed by atoms with van der Waals surface area (Å²) in [5.41, 5.74) is 0.506. The number of epoxide rings is 1. The quantitative estimate of drug-likeness (QED) is 0.297. The molecule has 0 N–H and O–H groups in total. The number of fused-ring (bicyclic) bond motifs is 1. The summed E-state index contributed by atoms with van der Waals surface area (Å²) in [6.45, 7) is 10.5. The normalized spacial score (nSPS) is 32.2. The van der Waals surface area contributed by atoms with Crippen LogP contribution in [-0.4, -0.2) is 49.2 Å². The molecule has 0 aromatic heterocycles. The molecule has 1 aliphatic carbocycles. The summed E-state index contributed by atoms with van der Waals surface area (Å²) in [7, 11) is -1.75. The van der Waals surface area contributed by atoms with Gasteiger partial charge in [0.05, 0.1) is 24.7 Å². The molecular formula is C15H30O4Si2. The fourth-order valence-corrected chi connectivity index (χ4v) is 6.69. The van der Waals surface area contributed by atoms with E-state index in [1.54, 1.807) is 0 Å². The largest absolute Gasteiger partial charge is 0.465 e. The molecule has 0 aromatic rings. The van der Waals surface area contributed by atoms with E-state index >= 15 is 0 Å². The predicted molar refractivity (Wildman–Crippen MR) is 89.0 cm³/mol. The van der Waals surface area contributed by atoms with Gasteiger partial charge in [-0.05, 0) is 37.8 Å². The number of carbonyl (C=O) groups excluding carboxylic acids is 1. The SMILES string of the molecule is CCO[SiH2]CCCOC(=O)C1CC2OC2CC1[Si](C)(C)C. The van der Waals surface area contributed by atoms with E-state index in [-0.39, 0.29) is 11.9 Å². The van der Waals surface area contributed by atoms with Gasteiger partial charge in [0.25, 0.3) is 0 Å². The Bertz CT molecular complexity index is 356. The van der Waals surface area contributed by atoms with Crippen LogP contribution in [0.4, 0.5) is 0 Å². The molecule has 0 radical (unpaired) electrons. The van der Waals surface area contributed by atoms with E-state index in [0.29, 0.717) is 24.4 Å². The zero-order valence-corrected chi connectivity index (χ0v) is 16.3. The molecule has 6 heteroatoms. The van der Waals surface area contributed by atoms with Gasteiger partial charge in [-0.15, -0.1) is 0 Å². The molecule has 0 amide bonds. The van der Waals surface area contributed by atoms with Crippen LogP contribution in [0.1, 0.15) is 26.2 Å². The highest BCUT2D eigenvalue weighted by molar-refractivity contribution is 6.77. The highest BCUT2D eigenvalue weighted by Crippen LogP contribution is 2.50. The maximum absolute atomic E-state index is 12.4. The maximum Gasteiger partial charge on any atom is 0.309 e. The Balaban J connectivity index is 1.76. The van der Waals surface area contributed by atoms with Crippen molar-refractivity contribution >= 4 is 23.8 Å². The third-order valence-electron chi connectivity index (χ3n) is 4.69. The molecule has 0 spiro atoms. The lowest BCUT2D eigenvalue weighted by molar-refractivity contribution is -0.149. The van der Waals surface area contributed by atoms with Crippen LogP contribution < -0.4 is 0 Å². The van der Waals surface area contributed by atoms with Crippen LogP contribution in [-0.2, 0) is 18.7 Å². The summed E-state index contributed by atoms with van der Waals surface area (Å²) in [5, 5.41) is 0. The smallest absolute Gasteiger partial charge is 0.309 e. The van der Waals surface area contributed by atoms with Crippen LogP contribution in [0.3, 0.4) is 0 Å². The van der Waals surface area contributed by atoms with Gasteiger partial charge >= 0.3 is 5.97 Å². The van der Waals surface area contributed by atoms with Crippen LogP contribution in [0.25, 0.3) is 0 Å². The molecule has 1 saturated heterocycles. The van der Waals surface area contributed by atoms with Crippen molar-refractivity contribution in [1.82, 2.24) is 0 Å². The fraction of sp³-hybridized carbons (Fsp3) is 0.933. The van der Waals surface area contributed by atoms with Crippen molar-refractivity contribution in [3.63, 3.8) is 0 Å². The highest BCUT2D eigenvalue weighted by Gasteiger charge is 2.53. The topological polar surface area (TPSA) is 48.1 Å². The van der Waals surface area contributed by atoms with Gasteiger partial charge in [-0.1, -0.05) is 19.6 Å². The molecule has 0 aromatic carbocycles. The summed E-state index contributed by atoms with van der Waals surface area (Å²) in [5.74, 6) is 0.0963. The number of rotatable bonds is 8. The molecule has 122 valence electrons. The molecule has 2 rings (SSSR count). The van der Waals surface area contributed by atoms with E-state index in [9.17, 15) is 4.79 Å². The van der Waals surface area contributed by atoms with Crippen molar-refractivity contribution in [2.24, 2.45) is 5.92 Å². The Kier molecular flexibility index (Phi) is 6.05. The minimum atomic E-state index is -1.36. The van der Waals surface area contributed by atoms with Crippen molar-refractivity contribution in [1.29, 1.82) is 0 Å². The summed E-state index contributed by atoms with van der Waals surface area (Å²) >= 11 is 0. The fourth-order valence-electron chi connectivity index (χ4n) is 3.37. The van der Waals surface area contributed by atoms with Gasteiger partial charge in [0.2, 0.25) is 0 Å². The predicted octanol–water partition coefficient (Wildman–Crippen LogP) is 2.34. The minimum absolute atomic E-state index is 0.0226. The van der Waals surface area contributed by atoms with Gasteiger partial charge in [-0.25, -0.2) is 0 Å². The summed E-state index contributed by atoms with van der Waals surface area (Å²) in [6.07, 6.45) is 3.66. The van der Waals surface area contributed by atoms with Gasteiger partial charge in [0.1, 0.15) is 0 Å². The van der Waals surface area contributed by atoms with Crippen molar-refractivity contribution in [2.75, 3.05) is 13.2 Å². The van der Waals surface area contributed by atoms with Crippen molar-refractivity contribution < 1.29 is 18.7 Å². The van der Waals surface area contributed by atoms with Crippen molar-refractivity contribution in [3.8, 4) is 0 Å². The first-order valence-electron chi connectivity index (χ1n) is 8.33. The molecule has 2 fully saturated rings. The third-order valence-corrected chi connectivity index (χ3v) is 9.04. The zero-order valence-electron chi connectivity index (χ0n) is 13.9. The molecular weight excluding hydrogens is 300 g/mol. The molecule has 21 heavy (non-hydrogen) atoms. The van der Waals surface area contributed by atoms with E-state index < -0.39 is 17.8 Å². The van der Waals surface area contributed by atoms with Gasteiger partial charge in [0, 0.05) is 14.7 Å². The molecule has 4 unspecified atom stereocenters. The molecule has 4 atom stereocenters. The molecule has 0 bridgehead atoms. The van der Waals surface area contributed by atoms with Crippen molar-refractivity contribution in [3.05, 3.63) is 0 Å². The van der Waals surface area contributed by atoms with Crippen LogP contribution >= 0.6 is 0 Å². The maximum atomic E-state index is 12.4. The second-order valence-corrected chi connectivity index (χ2v) is 14.3. The summed E-state index contributed by atoms with van der Waals surface area (Å²) in [4.78, 5) is 12.4. The average Bonchev–Trinajstić information content (AvgIpc) is 3.18. The summed E-state index contributed by atoms with van der Waals surface area (Å²) < 4.78 is 16.6. The minimum Gasteiger partial charge on any atom is -0.465 e. The molecule has 1 aliphatic heterocycles. The van der Waals surface area contributed by atoms with Gasteiger partial charge in [-0.3, -0.25) is 4.79 Å². The van der Waals surface area contributed by atoms with Gasteiger partial charge in [-0.2, -0.15) is 0 Å². The van der Waals surface area contributed by atoms with Crippen LogP contribution in [0.2, 0.25) is 31.2 Å². The van der Waals surface area contributed by atoms with Crippen LogP contribution in [0.5, 0.6) is 0 Å². The second-order valence-electron chi connectivity index (χ2n) is 7.33. The Morgan fingerprint density at radius 3 is 2.67 bits per heavy atom. The standard InChI is InChI=1S/C15H30O4Si2/c1-5-18-20-8-6-7-17-15(16)11-9-12-13(19-12)10-14(11)21(2,3)4/h11-14H,5-10,20H2,1-4H3. The lowest BCUT2D eigenvalue weighted by Gasteiger charge is -2.36. The monoisotopic (exact) mass is 330 g/mol. The van der Waals surface area contributed by atoms with E-state index in [1.807, 2.05) is 6.92 Å². The first-order valence-corrected chi connectivity index (χ1v) is 13.5. The number of hydrogen-bond donors (Lipinski definition) is 0. The van der Waals surface area contributed by atoms with Gasteiger partial charge < -0.3 is 13.9 Å². The van der Waals surface area contributed by atoms with Crippen LogP contribution in [0.15, 0.2) is 0 Å². The highest BCUT2D eigenvalue weighted by atomic mass is 28.3. The van der Waals surface area contributed by atoms with E-state index in [4.69, 9.17) is 13.9 Å². The Hall–Kier alpha value is -0.176. The number of hydrogen-bond acceptors (Lipinski definition) is 4. The number of esters is 1. The van der Waals surface area contributed by atoms with E-state index in [2.05, 4.69) is 19.6 Å². The summed E-state index contributed by atoms with van der Waals surface area (Å²) in [6, 6.07) is 1.09. The van der Waals surface area contributed by atoms with E-state index in [0.717, 1.165) is 31.9 Å². The molecule has 4 nitrogen and oxygen atoms in total. The number of ether oxygens (including phenoxy) is 2. The van der Waals surface area contributed by atoms with Crippen LogP contribution in [0, 0.1) is 5.92 Å². The average molecular weight is 331 g/mol. The molecule has 2 aliphatic rings. The lowest BCUT2D eigenvalue weighted by atomic mass is 9.88. The second kappa shape index (κ2) is 7.39. The Morgan fingerprint density at radius 2 is 2.00 bits per heavy atom. The zero-order chi connectivity index (χ0) is 15.5. The third kappa shape index (κ3) is 4.91. The van der Waals surface area contributed by atoms with E-state index in [1.165, 1.54) is 0 Å². The molecule has 1 saturated carbocycles. The first kappa shape index (κ1) is 17.2. The number of carbonyl (C=O) groups is 1. The van der Waals surface area contributed by atoms with Gasteiger partial charge in [0.15, 0.2) is 9.76 Å². The molecule has 1 heterocycles. The Labute approximate surface area is 131 Å². The lowest BCUT2D eigenvalue weighted by Crippen LogP contribution is -2.41. The van der Waals surface area contributed by atoms with Crippen molar-refractivity contribution in [2.45, 2.75) is 69.6 Å². The Morgan fingerprint density at radius 1 is 1.29 bits per heavy atom. The first-order chi connectivity index (χ1) is 9.93.